The molecule has 19 heavy (non-hydrogen) atoms. The number of likely N-dealkylation sites (tertiary alicyclic amines) is 1. The first kappa shape index (κ1) is 16.2. The molecular weight excluding hydrogens is 259 g/mol. The molecule has 1 fully saturated rings. The highest BCUT2D eigenvalue weighted by molar-refractivity contribution is 7.93. The van der Waals surface area contributed by atoms with Gasteiger partial charge in [-0.25, -0.2) is 0 Å². The fraction of sp³-hybridized carbons (Fsp3) is 0.533. The summed E-state index contributed by atoms with van der Waals surface area (Å²) in [6.07, 6.45) is 2.61. The van der Waals surface area contributed by atoms with Gasteiger partial charge in [0.2, 0.25) is 0 Å². The average Bonchev–Trinajstić information content (AvgIpc) is 2.43. The van der Waals surface area contributed by atoms with E-state index in [9.17, 15) is 3.89 Å². The second-order valence-corrected chi connectivity index (χ2v) is 5.06. The second-order valence-electron chi connectivity index (χ2n) is 4.76. The Bertz CT molecular complexity index is 381. The second kappa shape index (κ2) is 9.10. The van der Waals surface area contributed by atoms with Crippen molar-refractivity contribution in [2.75, 3.05) is 26.4 Å². The largest absolute Gasteiger partial charge is 0.296 e. The smallest absolute Gasteiger partial charge is 0.0408 e. The molecule has 1 saturated heterocycles. The molecule has 1 aromatic rings. The van der Waals surface area contributed by atoms with Crippen molar-refractivity contribution in [1.29, 1.82) is 0 Å². The molecule has 1 atom stereocenters. The van der Waals surface area contributed by atoms with Crippen molar-refractivity contribution in [3.05, 3.63) is 35.9 Å². The Morgan fingerprint density at radius 3 is 2.58 bits per heavy atom. The summed E-state index contributed by atoms with van der Waals surface area (Å²) in [5.74, 6) is 0.664. The van der Waals surface area contributed by atoms with E-state index in [1.54, 1.807) is 0 Å². The standard InChI is InChI=1S/C14H20N2.CH3FS/c1-12-8-9-16(11-14(12)15-2)10-13-6-4-3-5-7-13;1-3-2/h3-7,12H,8-11H2,1-2H3;1H3. The van der Waals surface area contributed by atoms with Gasteiger partial charge < -0.3 is 0 Å². The number of hydrogen-bond acceptors (Lipinski definition) is 3. The van der Waals surface area contributed by atoms with Gasteiger partial charge in [0.1, 0.15) is 0 Å². The molecule has 0 radical (unpaired) electrons. The van der Waals surface area contributed by atoms with E-state index in [0.29, 0.717) is 5.92 Å². The highest BCUT2D eigenvalue weighted by atomic mass is 32.2. The van der Waals surface area contributed by atoms with E-state index in [2.05, 4.69) is 47.1 Å². The average molecular weight is 282 g/mol. The molecule has 0 bridgehead atoms. The first-order chi connectivity index (χ1) is 9.21. The lowest BCUT2D eigenvalue weighted by atomic mass is 9.96. The maximum atomic E-state index is 10.2. The Balaban J connectivity index is 0.000000550. The Labute approximate surface area is 120 Å². The molecular formula is C15H23FN2S. The molecule has 0 saturated carbocycles. The zero-order chi connectivity index (χ0) is 14.1. The first-order valence-corrected chi connectivity index (χ1v) is 7.70. The van der Waals surface area contributed by atoms with Gasteiger partial charge in [-0.1, -0.05) is 37.3 Å². The van der Waals surface area contributed by atoms with Gasteiger partial charge in [0.15, 0.2) is 0 Å². The molecule has 1 heterocycles. The van der Waals surface area contributed by atoms with Crippen LogP contribution in [0.25, 0.3) is 0 Å². The van der Waals surface area contributed by atoms with Gasteiger partial charge in [-0.15, -0.1) is 0 Å². The summed E-state index contributed by atoms with van der Waals surface area (Å²) < 4.78 is 10.2. The molecule has 106 valence electrons. The van der Waals surface area contributed by atoms with Crippen molar-refractivity contribution in [1.82, 2.24) is 4.90 Å². The molecule has 0 spiro atoms. The molecule has 1 aliphatic rings. The van der Waals surface area contributed by atoms with Gasteiger partial charge in [-0.2, -0.15) is 3.89 Å². The van der Waals surface area contributed by atoms with Crippen LogP contribution < -0.4 is 0 Å². The van der Waals surface area contributed by atoms with Crippen LogP contribution in [0.5, 0.6) is 0 Å². The molecule has 0 aromatic heterocycles. The topological polar surface area (TPSA) is 15.6 Å². The molecule has 0 amide bonds. The molecule has 1 aromatic carbocycles. The van der Waals surface area contributed by atoms with Gasteiger partial charge in [-0.3, -0.25) is 9.89 Å². The summed E-state index contributed by atoms with van der Waals surface area (Å²) in [6.45, 7) is 5.55. The SMILES string of the molecule is CN=C1CN(Cc2ccccc2)CCC1C.CSF. The van der Waals surface area contributed by atoms with Crippen molar-refractivity contribution >= 4 is 17.9 Å². The summed E-state index contributed by atoms with van der Waals surface area (Å²) in [5, 5.41) is 0. The highest BCUT2D eigenvalue weighted by Gasteiger charge is 2.20. The number of nitrogens with zero attached hydrogens (tertiary/aromatic N) is 2. The fourth-order valence-electron chi connectivity index (χ4n) is 2.27. The summed E-state index contributed by atoms with van der Waals surface area (Å²) >= 11 is 0.250. The van der Waals surface area contributed by atoms with Crippen LogP contribution >= 0.6 is 12.1 Å². The first-order valence-electron chi connectivity index (χ1n) is 6.57. The quantitative estimate of drug-likeness (QED) is 0.819. The van der Waals surface area contributed by atoms with Gasteiger partial charge in [0, 0.05) is 44.3 Å². The van der Waals surface area contributed by atoms with Crippen molar-refractivity contribution < 1.29 is 3.89 Å². The maximum absolute atomic E-state index is 10.2. The van der Waals surface area contributed by atoms with Crippen molar-refractivity contribution in [2.45, 2.75) is 19.9 Å². The van der Waals surface area contributed by atoms with Crippen LogP contribution in [0.3, 0.4) is 0 Å². The molecule has 1 aliphatic heterocycles. The summed E-state index contributed by atoms with van der Waals surface area (Å²) in [5.41, 5.74) is 2.75. The molecule has 0 aliphatic carbocycles. The molecule has 0 N–H and O–H groups in total. The van der Waals surface area contributed by atoms with E-state index in [0.717, 1.165) is 13.1 Å². The zero-order valence-electron chi connectivity index (χ0n) is 12.0. The van der Waals surface area contributed by atoms with Crippen molar-refractivity contribution in [3.8, 4) is 0 Å². The van der Waals surface area contributed by atoms with Crippen LogP contribution in [0, 0.1) is 5.92 Å². The molecule has 2 rings (SSSR count). The van der Waals surface area contributed by atoms with Crippen LogP contribution in [0.15, 0.2) is 35.3 Å². The Hall–Kier alpha value is -0.870. The number of aliphatic imine (C=N–C) groups is 1. The predicted octanol–water partition coefficient (Wildman–Crippen LogP) is 3.83. The lowest BCUT2D eigenvalue weighted by Crippen LogP contribution is -2.39. The molecule has 2 nitrogen and oxygen atoms in total. The van der Waals surface area contributed by atoms with Gasteiger partial charge in [0.25, 0.3) is 0 Å². The minimum absolute atomic E-state index is 0.250. The minimum Gasteiger partial charge on any atom is -0.296 e. The predicted molar refractivity (Wildman–Crippen MR) is 83.5 cm³/mol. The monoisotopic (exact) mass is 282 g/mol. The van der Waals surface area contributed by atoms with E-state index < -0.39 is 0 Å². The highest BCUT2D eigenvalue weighted by Crippen LogP contribution is 2.16. The summed E-state index contributed by atoms with van der Waals surface area (Å²) in [4.78, 5) is 6.88. The zero-order valence-corrected chi connectivity index (χ0v) is 12.8. The van der Waals surface area contributed by atoms with Crippen LogP contribution in [0.1, 0.15) is 18.9 Å². The van der Waals surface area contributed by atoms with Gasteiger partial charge in [0.05, 0.1) is 0 Å². The molecule has 4 heteroatoms. The van der Waals surface area contributed by atoms with E-state index in [4.69, 9.17) is 0 Å². The van der Waals surface area contributed by atoms with Crippen LogP contribution in [-0.4, -0.2) is 37.0 Å². The van der Waals surface area contributed by atoms with Crippen LogP contribution in [-0.2, 0) is 6.54 Å². The van der Waals surface area contributed by atoms with E-state index >= 15 is 0 Å². The summed E-state index contributed by atoms with van der Waals surface area (Å²) in [6, 6.07) is 10.7. The Morgan fingerprint density at radius 2 is 2.00 bits per heavy atom. The van der Waals surface area contributed by atoms with Crippen LogP contribution in [0.4, 0.5) is 3.89 Å². The lowest BCUT2D eigenvalue weighted by Gasteiger charge is -2.31. The number of rotatable bonds is 2. The lowest BCUT2D eigenvalue weighted by molar-refractivity contribution is 0.265. The normalized spacial score (nSPS) is 21.9. The number of piperidine rings is 1. The van der Waals surface area contributed by atoms with E-state index in [1.165, 1.54) is 30.5 Å². The van der Waals surface area contributed by atoms with Crippen molar-refractivity contribution in [2.24, 2.45) is 10.9 Å². The maximum Gasteiger partial charge on any atom is 0.0408 e. The minimum atomic E-state index is 0.250. The third-order valence-corrected chi connectivity index (χ3v) is 3.37. The Morgan fingerprint density at radius 1 is 1.37 bits per heavy atom. The van der Waals surface area contributed by atoms with E-state index in [-0.39, 0.29) is 12.1 Å². The van der Waals surface area contributed by atoms with Gasteiger partial charge >= 0.3 is 0 Å². The van der Waals surface area contributed by atoms with Crippen LogP contribution in [0.2, 0.25) is 0 Å². The third-order valence-electron chi connectivity index (χ3n) is 3.37. The fourth-order valence-corrected chi connectivity index (χ4v) is 2.27. The number of benzene rings is 1. The number of halogens is 1. The van der Waals surface area contributed by atoms with Gasteiger partial charge in [-0.05, 0) is 24.4 Å². The third kappa shape index (κ3) is 5.74. The number of hydrogen-bond donors (Lipinski definition) is 0. The van der Waals surface area contributed by atoms with Crippen molar-refractivity contribution in [3.63, 3.8) is 0 Å². The van der Waals surface area contributed by atoms with E-state index in [1.807, 2.05) is 7.05 Å². The molecule has 1 unspecified atom stereocenters. The summed E-state index contributed by atoms with van der Waals surface area (Å²) in [7, 11) is 1.91. The Kier molecular flexibility index (Phi) is 7.75.